The van der Waals surface area contributed by atoms with E-state index in [1.54, 1.807) is 7.11 Å². The third-order valence-corrected chi connectivity index (χ3v) is 4.70. The first kappa shape index (κ1) is 22.4. The Balaban J connectivity index is 1.87. The van der Waals surface area contributed by atoms with E-state index in [1.807, 2.05) is 41.3 Å². The quantitative estimate of drug-likeness (QED) is 0.446. The summed E-state index contributed by atoms with van der Waals surface area (Å²) in [6, 6.07) is 7.17. The minimum atomic E-state index is -0.522. The lowest BCUT2D eigenvalue weighted by Gasteiger charge is -2.33. The Labute approximate surface area is 171 Å². The number of benzene rings is 1. The fraction of sp³-hybridized carbons (Fsp3) is 0.476. The van der Waals surface area contributed by atoms with Crippen LogP contribution < -0.4 is 15.4 Å². The molecule has 2 rings (SSSR count). The fourth-order valence-electron chi connectivity index (χ4n) is 3.13. The number of carbonyl (C=O) groups excluding carboxylic acids is 3. The second-order valence-corrected chi connectivity index (χ2v) is 6.68. The summed E-state index contributed by atoms with van der Waals surface area (Å²) >= 11 is 0. The van der Waals surface area contributed by atoms with Crippen molar-refractivity contribution < 1.29 is 23.9 Å². The van der Waals surface area contributed by atoms with E-state index >= 15 is 0 Å². The zero-order chi connectivity index (χ0) is 21.1. The van der Waals surface area contributed by atoms with Crippen LogP contribution in [0.4, 0.5) is 0 Å². The molecule has 2 N–H and O–H groups in total. The molecule has 1 atom stereocenters. The van der Waals surface area contributed by atoms with Crippen LogP contribution in [0.2, 0.25) is 0 Å². The number of rotatable bonds is 10. The average molecular weight is 403 g/mol. The lowest BCUT2D eigenvalue weighted by molar-refractivity contribution is -0.140. The van der Waals surface area contributed by atoms with Crippen LogP contribution in [0.5, 0.6) is 5.75 Å². The maximum atomic E-state index is 12.3. The number of ether oxygens (including phenoxy) is 2. The predicted molar refractivity (Wildman–Crippen MR) is 109 cm³/mol. The molecule has 1 aromatic carbocycles. The first-order valence-corrected chi connectivity index (χ1v) is 9.70. The molecule has 29 heavy (non-hydrogen) atoms. The van der Waals surface area contributed by atoms with Crippen LogP contribution in [0.15, 0.2) is 30.3 Å². The number of nitrogens with zero attached hydrogens (tertiary/aromatic N) is 1. The van der Waals surface area contributed by atoms with Crippen LogP contribution in [-0.4, -0.2) is 69.1 Å². The summed E-state index contributed by atoms with van der Waals surface area (Å²) in [6.45, 7) is 2.14. The van der Waals surface area contributed by atoms with Crippen LogP contribution in [0.25, 0.3) is 6.08 Å². The smallest absolute Gasteiger partial charge is 0.305 e. The van der Waals surface area contributed by atoms with Gasteiger partial charge in [-0.3, -0.25) is 19.3 Å². The molecule has 0 saturated carbocycles. The third kappa shape index (κ3) is 7.23. The summed E-state index contributed by atoms with van der Waals surface area (Å²) < 4.78 is 9.90. The molecular weight excluding hydrogens is 374 g/mol. The highest BCUT2D eigenvalue weighted by Gasteiger charge is 2.30. The second kappa shape index (κ2) is 11.9. The topological polar surface area (TPSA) is 97.0 Å². The van der Waals surface area contributed by atoms with E-state index in [0.717, 1.165) is 11.3 Å². The Morgan fingerprint density at radius 1 is 1.31 bits per heavy atom. The number of para-hydroxylation sites is 1. The molecule has 1 unspecified atom stereocenters. The minimum absolute atomic E-state index is 0.0759. The van der Waals surface area contributed by atoms with Gasteiger partial charge >= 0.3 is 5.97 Å². The van der Waals surface area contributed by atoms with Gasteiger partial charge in [-0.1, -0.05) is 30.4 Å². The molecule has 8 nitrogen and oxygen atoms in total. The van der Waals surface area contributed by atoms with Gasteiger partial charge in [0.15, 0.2) is 0 Å². The molecule has 1 saturated heterocycles. The number of esters is 1. The van der Waals surface area contributed by atoms with E-state index in [0.29, 0.717) is 32.6 Å². The molecule has 1 heterocycles. The summed E-state index contributed by atoms with van der Waals surface area (Å²) in [6.07, 6.45) is 4.75. The van der Waals surface area contributed by atoms with Crippen molar-refractivity contribution in [3.63, 3.8) is 0 Å². The van der Waals surface area contributed by atoms with Crippen LogP contribution >= 0.6 is 0 Å². The summed E-state index contributed by atoms with van der Waals surface area (Å²) in [4.78, 5) is 37.6. The molecule has 0 bridgehead atoms. The highest BCUT2D eigenvalue weighted by Crippen LogP contribution is 2.19. The number of amides is 2. The predicted octanol–water partition coefficient (Wildman–Crippen LogP) is 0.968. The van der Waals surface area contributed by atoms with Gasteiger partial charge in [-0.25, -0.2) is 0 Å². The number of carbonyl (C=O) groups is 3. The average Bonchev–Trinajstić information content (AvgIpc) is 2.73. The number of hydrogen-bond acceptors (Lipinski definition) is 6. The van der Waals surface area contributed by atoms with Crippen LogP contribution in [-0.2, 0) is 19.1 Å². The van der Waals surface area contributed by atoms with Gasteiger partial charge < -0.3 is 20.1 Å². The molecule has 8 heteroatoms. The van der Waals surface area contributed by atoms with Gasteiger partial charge in [0, 0.05) is 38.2 Å². The molecule has 1 aliphatic heterocycles. The van der Waals surface area contributed by atoms with Gasteiger partial charge in [-0.2, -0.15) is 0 Å². The molecule has 0 aromatic heterocycles. The molecule has 158 valence electrons. The highest BCUT2D eigenvalue weighted by atomic mass is 16.5. The number of piperazine rings is 1. The van der Waals surface area contributed by atoms with E-state index in [-0.39, 0.29) is 30.6 Å². The standard InChI is InChI=1S/C21H29N3O5/c1-28-18-9-4-3-7-16(18)8-6-13-24-14-12-23-21(27)17(24)15-19(25)22-11-5-10-20(26)29-2/h3-4,6-9,17H,5,10-15H2,1-2H3,(H,22,25)(H,23,27)/b8-6+. The molecule has 0 aliphatic carbocycles. The van der Waals surface area contributed by atoms with Crippen LogP contribution in [0, 0.1) is 0 Å². The van der Waals surface area contributed by atoms with E-state index in [4.69, 9.17) is 4.74 Å². The highest BCUT2D eigenvalue weighted by molar-refractivity contribution is 5.88. The molecule has 1 aliphatic rings. The molecule has 2 amide bonds. The fourth-order valence-corrected chi connectivity index (χ4v) is 3.13. The van der Waals surface area contributed by atoms with E-state index in [1.165, 1.54) is 7.11 Å². The van der Waals surface area contributed by atoms with Crippen molar-refractivity contribution in [3.8, 4) is 5.75 Å². The first-order chi connectivity index (χ1) is 14.0. The van der Waals surface area contributed by atoms with Crippen molar-refractivity contribution in [1.82, 2.24) is 15.5 Å². The lowest BCUT2D eigenvalue weighted by Crippen LogP contribution is -2.56. The van der Waals surface area contributed by atoms with Gasteiger partial charge in [0.05, 0.1) is 26.7 Å². The largest absolute Gasteiger partial charge is 0.496 e. The molecular formula is C21H29N3O5. The summed E-state index contributed by atoms with van der Waals surface area (Å²) in [5.41, 5.74) is 0.955. The van der Waals surface area contributed by atoms with E-state index < -0.39 is 6.04 Å². The Hall–Kier alpha value is -2.87. The Morgan fingerprint density at radius 3 is 2.86 bits per heavy atom. The monoisotopic (exact) mass is 403 g/mol. The maximum Gasteiger partial charge on any atom is 0.305 e. The minimum Gasteiger partial charge on any atom is -0.496 e. The lowest BCUT2D eigenvalue weighted by atomic mass is 10.1. The zero-order valence-electron chi connectivity index (χ0n) is 17.0. The Kier molecular flexibility index (Phi) is 9.17. The van der Waals surface area contributed by atoms with E-state index in [9.17, 15) is 14.4 Å². The van der Waals surface area contributed by atoms with Gasteiger partial charge in [-0.15, -0.1) is 0 Å². The molecule has 1 aromatic rings. The summed E-state index contributed by atoms with van der Waals surface area (Å²) in [7, 11) is 2.96. The summed E-state index contributed by atoms with van der Waals surface area (Å²) in [5, 5.41) is 5.58. The van der Waals surface area contributed by atoms with Gasteiger partial charge in [-0.05, 0) is 12.5 Å². The summed E-state index contributed by atoms with van der Waals surface area (Å²) in [5.74, 6) is 0.115. The van der Waals surface area contributed by atoms with E-state index in [2.05, 4.69) is 15.4 Å². The van der Waals surface area contributed by atoms with Gasteiger partial charge in [0.25, 0.3) is 0 Å². The number of hydrogen-bond donors (Lipinski definition) is 2. The van der Waals surface area contributed by atoms with Crippen molar-refractivity contribution in [2.45, 2.75) is 25.3 Å². The molecule has 0 radical (unpaired) electrons. The normalized spacial score (nSPS) is 17.0. The first-order valence-electron chi connectivity index (χ1n) is 9.70. The van der Waals surface area contributed by atoms with Crippen molar-refractivity contribution >= 4 is 23.9 Å². The van der Waals surface area contributed by atoms with Crippen molar-refractivity contribution in [1.29, 1.82) is 0 Å². The molecule has 0 spiro atoms. The zero-order valence-corrected chi connectivity index (χ0v) is 17.0. The van der Waals surface area contributed by atoms with Crippen molar-refractivity contribution in [2.75, 3.05) is 40.4 Å². The van der Waals surface area contributed by atoms with Crippen LogP contribution in [0.1, 0.15) is 24.8 Å². The van der Waals surface area contributed by atoms with Crippen LogP contribution in [0.3, 0.4) is 0 Å². The Morgan fingerprint density at radius 2 is 2.10 bits per heavy atom. The number of methoxy groups -OCH3 is 2. The van der Waals surface area contributed by atoms with Gasteiger partial charge in [0.2, 0.25) is 11.8 Å². The van der Waals surface area contributed by atoms with Gasteiger partial charge in [0.1, 0.15) is 5.75 Å². The Bertz CT molecular complexity index is 735. The molecule has 1 fully saturated rings. The maximum absolute atomic E-state index is 12.3. The van der Waals surface area contributed by atoms with Crippen molar-refractivity contribution in [3.05, 3.63) is 35.9 Å². The van der Waals surface area contributed by atoms with Crippen molar-refractivity contribution in [2.24, 2.45) is 0 Å². The number of nitrogens with one attached hydrogen (secondary N) is 2. The SMILES string of the molecule is COC(=O)CCCNC(=O)CC1C(=O)NCCN1C/C=C/c1ccccc1OC. The third-order valence-electron chi connectivity index (χ3n) is 4.70. The second-order valence-electron chi connectivity index (χ2n) is 6.68.